The van der Waals surface area contributed by atoms with Gasteiger partial charge in [-0.3, -0.25) is 9.69 Å². The molecule has 0 bridgehead atoms. The molecule has 1 aromatic heterocycles. The van der Waals surface area contributed by atoms with Crippen LogP contribution in [0.3, 0.4) is 0 Å². The second-order valence-corrected chi connectivity index (χ2v) is 8.47. The summed E-state index contributed by atoms with van der Waals surface area (Å²) in [7, 11) is 5.83. The Hall–Kier alpha value is -2.44. The number of anilines is 1. The predicted octanol–water partition coefficient (Wildman–Crippen LogP) is 3.02. The summed E-state index contributed by atoms with van der Waals surface area (Å²) in [5, 5.41) is 0.717. The lowest BCUT2D eigenvalue weighted by molar-refractivity contribution is -0.856. The van der Waals surface area contributed by atoms with Crippen LogP contribution in [0, 0.1) is 20.8 Å². The monoisotopic (exact) mass is 398 g/mol. The Kier molecular flexibility index (Phi) is 6.01. The SMILES string of the molecule is COc1ccc(C)c2sc(N(CC[NH+](C)C)C(=O)c3ccc(C)cc3C)nc12. The molecule has 0 saturated heterocycles. The molecule has 0 saturated carbocycles. The van der Waals surface area contributed by atoms with Gasteiger partial charge in [0.15, 0.2) is 5.13 Å². The first-order valence-electron chi connectivity index (χ1n) is 9.44. The largest absolute Gasteiger partial charge is 0.494 e. The number of hydrogen-bond acceptors (Lipinski definition) is 4. The third-order valence-corrected chi connectivity index (χ3v) is 6.05. The first-order chi connectivity index (χ1) is 13.3. The number of likely N-dealkylation sites (N-methyl/N-ethyl adjacent to an activating group) is 1. The van der Waals surface area contributed by atoms with Gasteiger partial charge in [0.1, 0.15) is 11.3 Å². The molecule has 28 heavy (non-hydrogen) atoms. The minimum Gasteiger partial charge on any atom is -0.494 e. The minimum absolute atomic E-state index is 0.00516. The molecule has 1 N–H and O–H groups in total. The second kappa shape index (κ2) is 8.29. The van der Waals surface area contributed by atoms with Gasteiger partial charge < -0.3 is 9.64 Å². The van der Waals surface area contributed by atoms with Gasteiger partial charge in [-0.1, -0.05) is 35.1 Å². The molecule has 3 rings (SSSR count). The number of rotatable bonds is 6. The van der Waals surface area contributed by atoms with Crippen LogP contribution in [-0.4, -0.2) is 45.2 Å². The average molecular weight is 399 g/mol. The summed E-state index contributed by atoms with van der Waals surface area (Å²) < 4.78 is 6.55. The second-order valence-electron chi connectivity index (χ2n) is 7.49. The highest BCUT2D eigenvalue weighted by Crippen LogP contribution is 2.36. The van der Waals surface area contributed by atoms with E-state index in [1.54, 1.807) is 18.4 Å². The molecule has 5 nitrogen and oxygen atoms in total. The van der Waals surface area contributed by atoms with Gasteiger partial charge in [-0.25, -0.2) is 4.98 Å². The molecule has 2 aromatic carbocycles. The van der Waals surface area contributed by atoms with E-state index < -0.39 is 0 Å². The van der Waals surface area contributed by atoms with Crippen LogP contribution in [0.5, 0.6) is 5.75 Å². The number of nitrogens with zero attached hydrogens (tertiary/aromatic N) is 2. The molecular weight excluding hydrogens is 370 g/mol. The maximum atomic E-state index is 13.5. The lowest BCUT2D eigenvalue weighted by Crippen LogP contribution is -3.06. The minimum atomic E-state index is -0.00516. The number of thiazole rings is 1. The van der Waals surface area contributed by atoms with Crippen molar-refractivity contribution in [2.45, 2.75) is 20.8 Å². The van der Waals surface area contributed by atoms with E-state index in [0.717, 1.165) is 44.8 Å². The highest BCUT2D eigenvalue weighted by molar-refractivity contribution is 7.22. The van der Waals surface area contributed by atoms with Crippen molar-refractivity contribution in [2.24, 2.45) is 0 Å². The predicted molar refractivity (Wildman–Crippen MR) is 116 cm³/mol. The van der Waals surface area contributed by atoms with Gasteiger partial charge in [0, 0.05) is 5.56 Å². The summed E-state index contributed by atoms with van der Waals surface area (Å²) in [4.78, 5) is 21.4. The molecule has 0 aliphatic rings. The van der Waals surface area contributed by atoms with Crippen LogP contribution in [0.15, 0.2) is 30.3 Å². The van der Waals surface area contributed by atoms with E-state index in [0.29, 0.717) is 11.7 Å². The smallest absolute Gasteiger partial charge is 0.260 e. The van der Waals surface area contributed by atoms with Crippen LogP contribution in [0.25, 0.3) is 10.2 Å². The van der Waals surface area contributed by atoms with Gasteiger partial charge in [0.25, 0.3) is 5.91 Å². The van der Waals surface area contributed by atoms with E-state index >= 15 is 0 Å². The number of benzene rings is 2. The van der Waals surface area contributed by atoms with Crippen LogP contribution in [0.2, 0.25) is 0 Å². The molecule has 6 heteroatoms. The van der Waals surface area contributed by atoms with Crippen molar-refractivity contribution in [3.8, 4) is 5.75 Å². The summed E-state index contributed by atoms with van der Waals surface area (Å²) in [6.07, 6.45) is 0. The lowest BCUT2D eigenvalue weighted by atomic mass is 10.0. The van der Waals surface area contributed by atoms with Crippen LogP contribution in [-0.2, 0) is 0 Å². The van der Waals surface area contributed by atoms with Crippen LogP contribution in [0.4, 0.5) is 5.13 Å². The molecule has 0 atom stereocenters. The number of aromatic nitrogens is 1. The molecule has 1 amide bonds. The molecule has 0 unspecified atom stereocenters. The quantitative estimate of drug-likeness (QED) is 0.694. The summed E-state index contributed by atoms with van der Waals surface area (Å²) in [5.41, 5.74) is 4.82. The van der Waals surface area contributed by atoms with Gasteiger partial charge in [-0.15, -0.1) is 0 Å². The number of quaternary nitrogens is 1. The first-order valence-corrected chi connectivity index (χ1v) is 10.3. The number of ether oxygens (including phenoxy) is 1. The molecule has 3 aromatic rings. The molecule has 0 fully saturated rings. The van der Waals surface area contributed by atoms with Crippen molar-refractivity contribution in [1.82, 2.24) is 4.98 Å². The lowest BCUT2D eigenvalue weighted by Gasteiger charge is -2.21. The third-order valence-electron chi connectivity index (χ3n) is 4.84. The van der Waals surface area contributed by atoms with E-state index in [4.69, 9.17) is 9.72 Å². The molecule has 1 heterocycles. The van der Waals surface area contributed by atoms with Crippen molar-refractivity contribution in [3.05, 3.63) is 52.6 Å². The van der Waals surface area contributed by atoms with Crippen molar-refractivity contribution in [3.63, 3.8) is 0 Å². The van der Waals surface area contributed by atoms with Gasteiger partial charge in [0.05, 0.1) is 39.0 Å². The van der Waals surface area contributed by atoms with E-state index in [2.05, 4.69) is 21.0 Å². The maximum Gasteiger partial charge on any atom is 0.260 e. The zero-order valence-electron chi connectivity index (χ0n) is 17.4. The number of fused-ring (bicyclic) bond motifs is 1. The molecule has 0 spiro atoms. The normalized spacial score (nSPS) is 11.2. The highest BCUT2D eigenvalue weighted by Gasteiger charge is 2.24. The topological polar surface area (TPSA) is 46.9 Å². The fourth-order valence-electron chi connectivity index (χ4n) is 3.20. The van der Waals surface area contributed by atoms with Gasteiger partial charge in [-0.2, -0.15) is 0 Å². The number of amides is 1. The van der Waals surface area contributed by atoms with Gasteiger partial charge >= 0.3 is 0 Å². The Morgan fingerprint density at radius 2 is 1.89 bits per heavy atom. The summed E-state index contributed by atoms with van der Waals surface area (Å²) >= 11 is 1.55. The van der Waals surface area contributed by atoms with Gasteiger partial charge in [-0.05, 0) is 44.0 Å². The highest BCUT2D eigenvalue weighted by atomic mass is 32.1. The number of aryl methyl sites for hydroxylation is 3. The zero-order chi connectivity index (χ0) is 20.4. The standard InChI is InChI=1S/C22H27N3O2S/c1-14-7-9-17(16(3)13-14)21(26)25(12-11-24(4)5)22-23-19-18(27-6)10-8-15(2)20(19)28-22/h7-10,13H,11-12H2,1-6H3/p+1. The number of carbonyl (C=O) groups excluding carboxylic acids is 1. The third kappa shape index (κ3) is 4.03. The summed E-state index contributed by atoms with van der Waals surface area (Å²) in [6, 6.07) is 9.92. The molecule has 0 radical (unpaired) electrons. The van der Waals surface area contributed by atoms with E-state index in [1.807, 2.05) is 49.1 Å². The summed E-state index contributed by atoms with van der Waals surface area (Å²) in [5.74, 6) is 0.731. The number of hydrogen-bond donors (Lipinski definition) is 1. The Bertz CT molecular complexity index is 1010. The molecule has 0 aliphatic heterocycles. The number of nitrogens with one attached hydrogen (secondary N) is 1. The van der Waals surface area contributed by atoms with E-state index in [-0.39, 0.29) is 5.91 Å². The fraction of sp³-hybridized carbons (Fsp3) is 0.364. The van der Waals surface area contributed by atoms with Crippen molar-refractivity contribution in [1.29, 1.82) is 0 Å². The first kappa shape index (κ1) is 20.3. The summed E-state index contributed by atoms with van der Waals surface area (Å²) in [6.45, 7) is 7.53. The van der Waals surface area contributed by atoms with E-state index in [9.17, 15) is 4.79 Å². The molecular formula is C22H28N3O2S+. The van der Waals surface area contributed by atoms with Crippen LogP contribution >= 0.6 is 11.3 Å². The van der Waals surface area contributed by atoms with Gasteiger partial charge in [0.2, 0.25) is 0 Å². The van der Waals surface area contributed by atoms with Crippen LogP contribution in [0.1, 0.15) is 27.0 Å². The average Bonchev–Trinajstić information content (AvgIpc) is 3.08. The number of methoxy groups -OCH3 is 1. The Labute approximate surface area is 170 Å². The molecule has 0 aliphatic carbocycles. The van der Waals surface area contributed by atoms with Crippen molar-refractivity contribution in [2.75, 3.05) is 39.2 Å². The zero-order valence-corrected chi connectivity index (χ0v) is 18.2. The maximum absolute atomic E-state index is 13.5. The van der Waals surface area contributed by atoms with Crippen molar-refractivity contribution >= 4 is 32.6 Å². The van der Waals surface area contributed by atoms with Crippen LogP contribution < -0.4 is 14.5 Å². The molecule has 148 valence electrons. The fourth-order valence-corrected chi connectivity index (χ4v) is 4.27. The Morgan fingerprint density at radius 3 is 2.54 bits per heavy atom. The number of carbonyl (C=O) groups is 1. The van der Waals surface area contributed by atoms with E-state index in [1.165, 1.54) is 4.90 Å². The Morgan fingerprint density at radius 1 is 1.14 bits per heavy atom. The van der Waals surface area contributed by atoms with Crippen molar-refractivity contribution < 1.29 is 14.4 Å². The Balaban J connectivity index is 2.08.